The monoisotopic (exact) mass is 212 g/mol. The van der Waals surface area contributed by atoms with Gasteiger partial charge in [0.2, 0.25) is 5.91 Å². The molecular formula is C10H13ClN2O. The third-order valence-corrected chi connectivity index (χ3v) is 2.11. The van der Waals surface area contributed by atoms with E-state index in [9.17, 15) is 4.79 Å². The summed E-state index contributed by atoms with van der Waals surface area (Å²) in [7, 11) is 0. The van der Waals surface area contributed by atoms with Gasteiger partial charge in [0.1, 0.15) is 11.0 Å². The molecule has 0 radical (unpaired) electrons. The van der Waals surface area contributed by atoms with Gasteiger partial charge in [0, 0.05) is 6.92 Å². The number of rotatable bonds is 2. The van der Waals surface area contributed by atoms with Crippen molar-refractivity contribution in [2.24, 2.45) is 0 Å². The summed E-state index contributed by atoms with van der Waals surface area (Å²) in [5, 5.41) is 3.03. The second kappa shape index (κ2) is 4.42. The predicted molar refractivity (Wildman–Crippen MR) is 57.6 cm³/mol. The molecule has 1 aromatic rings. The van der Waals surface area contributed by atoms with Crippen LogP contribution in [0.25, 0.3) is 0 Å². The number of hydrogen-bond donors (Lipinski definition) is 1. The molecule has 0 spiro atoms. The van der Waals surface area contributed by atoms with Gasteiger partial charge >= 0.3 is 0 Å². The quantitative estimate of drug-likeness (QED) is 0.766. The molecule has 0 bridgehead atoms. The Kier molecular flexibility index (Phi) is 3.47. The SMILES string of the molecule is CC(=O)Nc1ccc(C(C)C)c(Cl)n1. The molecule has 14 heavy (non-hydrogen) atoms. The van der Waals surface area contributed by atoms with E-state index in [-0.39, 0.29) is 5.91 Å². The smallest absolute Gasteiger partial charge is 0.222 e. The zero-order valence-electron chi connectivity index (χ0n) is 8.47. The second-order valence-electron chi connectivity index (χ2n) is 3.41. The number of halogens is 1. The van der Waals surface area contributed by atoms with Crippen LogP contribution in [0.3, 0.4) is 0 Å². The molecule has 0 aliphatic heterocycles. The van der Waals surface area contributed by atoms with Crippen LogP contribution in [0.5, 0.6) is 0 Å². The number of aromatic nitrogens is 1. The maximum Gasteiger partial charge on any atom is 0.222 e. The lowest BCUT2D eigenvalue weighted by atomic mass is 10.1. The molecule has 0 aromatic carbocycles. The van der Waals surface area contributed by atoms with Gasteiger partial charge in [-0.05, 0) is 17.5 Å². The molecule has 0 saturated heterocycles. The van der Waals surface area contributed by atoms with E-state index in [4.69, 9.17) is 11.6 Å². The summed E-state index contributed by atoms with van der Waals surface area (Å²) in [6.45, 7) is 5.52. The molecule has 4 heteroatoms. The van der Waals surface area contributed by atoms with Crippen LogP contribution in [-0.4, -0.2) is 10.9 Å². The molecule has 0 aliphatic carbocycles. The summed E-state index contributed by atoms with van der Waals surface area (Å²) in [6, 6.07) is 3.63. The first-order valence-electron chi connectivity index (χ1n) is 4.44. The van der Waals surface area contributed by atoms with Gasteiger partial charge in [0.25, 0.3) is 0 Å². The van der Waals surface area contributed by atoms with Crippen LogP contribution in [-0.2, 0) is 4.79 Å². The van der Waals surface area contributed by atoms with Crippen molar-refractivity contribution in [3.63, 3.8) is 0 Å². The van der Waals surface area contributed by atoms with Crippen LogP contribution in [0, 0.1) is 0 Å². The highest BCUT2D eigenvalue weighted by Gasteiger charge is 2.07. The zero-order chi connectivity index (χ0) is 10.7. The highest BCUT2D eigenvalue weighted by atomic mass is 35.5. The van der Waals surface area contributed by atoms with Crippen molar-refractivity contribution in [3.8, 4) is 0 Å². The Morgan fingerprint density at radius 2 is 2.14 bits per heavy atom. The number of amides is 1. The number of nitrogens with one attached hydrogen (secondary N) is 1. The maximum absolute atomic E-state index is 10.7. The van der Waals surface area contributed by atoms with Crippen LogP contribution in [0.4, 0.5) is 5.82 Å². The van der Waals surface area contributed by atoms with E-state index < -0.39 is 0 Å². The molecule has 3 nitrogen and oxygen atoms in total. The van der Waals surface area contributed by atoms with Crippen LogP contribution in [0.2, 0.25) is 5.15 Å². The fourth-order valence-corrected chi connectivity index (χ4v) is 1.50. The Morgan fingerprint density at radius 1 is 1.50 bits per heavy atom. The van der Waals surface area contributed by atoms with Crippen LogP contribution in [0.1, 0.15) is 32.3 Å². The minimum absolute atomic E-state index is 0.147. The van der Waals surface area contributed by atoms with E-state index in [2.05, 4.69) is 10.3 Å². The van der Waals surface area contributed by atoms with Crippen LogP contribution >= 0.6 is 11.6 Å². The predicted octanol–water partition coefficient (Wildman–Crippen LogP) is 2.82. The Morgan fingerprint density at radius 3 is 2.57 bits per heavy atom. The van der Waals surface area contributed by atoms with Crippen molar-refractivity contribution in [1.29, 1.82) is 0 Å². The number of carbonyl (C=O) groups is 1. The topological polar surface area (TPSA) is 42.0 Å². The minimum Gasteiger partial charge on any atom is -0.311 e. The Balaban J connectivity index is 2.94. The van der Waals surface area contributed by atoms with Gasteiger partial charge in [-0.15, -0.1) is 0 Å². The molecule has 0 atom stereocenters. The lowest BCUT2D eigenvalue weighted by Gasteiger charge is -2.08. The number of carbonyl (C=O) groups excluding carboxylic acids is 1. The lowest BCUT2D eigenvalue weighted by Crippen LogP contribution is -2.07. The summed E-state index contributed by atoms with van der Waals surface area (Å²) < 4.78 is 0. The minimum atomic E-state index is -0.147. The van der Waals surface area contributed by atoms with E-state index >= 15 is 0 Å². The van der Waals surface area contributed by atoms with E-state index in [1.54, 1.807) is 6.07 Å². The maximum atomic E-state index is 10.7. The molecule has 1 heterocycles. The number of anilines is 1. The Hall–Kier alpha value is -1.09. The van der Waals surface area contributed by atoms with Crippen molar-refractivity contribution in [1.82, 2.24) is 4.98 Å². The summed E-state index contributed by atoms with van der Waals surface area (Å²) in [5.41, 5.74) is 0.987. The third kappa shape index (κ3) is 2.70. The molecule has 0 aliphatic rings. The first-order valence-corrected chi connectivity index (χ1v) is 4.82. The van der Waals surface area contributed by atoms with Gasteiger partial charge in [-0.2, -0.15) is 0 Å². The third-order valence-electron chi connectivity index (χ3n) is 1.80. The molecule has 0 saturated carbocycles. The zero-order valence-corrected chi connectivity index (χ0v) is 9.22. The fourth-order valence-electron chi connectivity index (χ4n) is 1.13. The van der Waals surface area contributed by atoms with E-state index in [1.165, 1.54) is 6.92 Å². The van der Waals surface area contributed by atoms with Crippen molar-refractivity contribution >= 4 is 23.3 Å². The van der Waals surface area contributed by atoms with Gasteiger partial charge in [-0.1, -0.05) is 31.5 Å². The Labute approximate surface area is 88.5 Å². The van der Waals surface area contributed by atoms with Crippen molar-refractivity contribution < 1.29 is 4.79 Å². The number of hydrogen-bond acceptors (Lipinski definition) is 2. The largest absolute Gasteiger partial charge is 0.311 e. The van der Waals surface area contributed by atoms with E-state index in [1.807, 2.05) is 19.9 Å². The summed E-state index contributed by atoms with van der Waals surface area (Å²) in [4.78, 5) is 14.8. The first kappa shape index (κ1) is 11.0. The number of pyridine rings is 1. The van der Waals surface area contributed by atoms with Gasteiger partial charge < -0.3 is 5.32 Å². The summed E-state index contributed by atoms with van der Waals surface area (Å²) in [6.07, 6.45) is 0. The van der Waals surface area contributed by atoms with Crippen molar-refractivity contribution in [2.75, 3.05) is 5.32 Å². The van der Waals surface area contributed by atoms with Crippen molar-refractivity contribution in [2.45, 2.75) is 26.7 Å². The van der Waals surface area contributed by atoms with E-state index in [0.717, 1.165) is 5.56 Å². The van der Waals surface area contributed by atoms with E-state index in [0.29, 0.717) is 16.9 Å². The lowest BCUT2D eigenvalue weighted by molar-refractivity contribution is -0.114. The number of nitrogens with zero attached hydrogens (tertiary/aromatic N) is 1. The fraction of sp³-hybridized carbons (Fsp3) is 0.400. The van der Waals surface area contributed by atoms with Crippen molar-refractivity contribution in [3.05, 3.63) is 22.8 Å². The van der Waals surface area contributed by atoms with Gasteiger partial charge in [-0.25, -0.2) is 4.98 Å². The average Bonchev–Trinajstić information content (AvgIpc) is 2.01. The van der Waals surface area contributed by atoms with Gasteiger partial charge in [0.05, 0.1) is 0 Å². The molecule has 0 fully saturated rings. The van der Waals surface area contributed by atoms with Gasteiger partial charge in [0.15, 0.2) is 0 Å². The first-order chi connectivity index (χ1) is 6.50. The Bertz CT molecular complexity index is 350. The molecule has 1 rings (SSSR count). The highest BCUT2D eigenvalue weighted by Crippen LogP contribution is 2.23. The molecular weight excluding hydrogens is 200 g/mol. The van der Waals surface area contributed by atoms with Gasteiger partial charge in [-0.3, -0.25) is 4.79 Å². The normalized spacial score (nSPS) is 10.4. The molecule has 1 aromatic heterocycles. The average molecular weight is 213 g/mol. The summed E-state index contributed by atoms with van der Waals surface area (Å²) in [5.74, 6) is 0.680. The standard InChI is InChI=1S/C10H13ClN2O/c1-6(2)8-4-5-9(12-7(3)14)13-10(8)11/h4-6H,1-3H3,(H,12,13,14). The van der Waals surface area contributed by atoms with Crippen LogP contribution < -0.4 is 5.32 Å². The molecule has 0 unspecified atom stereocenters. The molecule has 1 N–H and O–H groups in total. The highest BCUT2D eigenvalue weighted by molar-refractivity contribution is 6.30. The van der Waals surface area contributed by atoms with Crippen LogP contribution in [0.15, 0.2) is 12.1 Å². The second-order valence-corrected chi connectivity index (χ2v) is 3.77. The molecule has 1 amide bonds. The summed E-state index contributed by atoms with van der Waals surface area (Å²) >= 11 is 5.95. The molecule has 76 valence electrons.